The van der Waals surface area contributed by atoms with E-state index in [2.05, 4.69) is 19.2 Å². The zero-order valence-electron chi connectivity index (χ0n) is 11.4. The Labute approximate surface area is 109 Å². The van der Waals surface area contributed by atoms with E-state index in [0.717, 1.165) is 18.5 Å². The number of phenols is 1. The van der Waals surface area contributed by atoms with E-state index in [0.29, 0.717) is 12.3 Å². The highest BCUT2D eigenvalue weighted by Gasteiger charge is 2.16. The molecule has 0 fully saturated rings. The van der Waals surface area contributed by atoms with Crippen molar-refractivity contribution in [1.29, 1.82) is 0 Å². The molecule has 0 saturated heterocycles. The summed E-state index contributed by atoms with van der Waals surface area (Å²) in [4.78, 5) is 0. The first-order valence-corrected chi connectivity index (χ1v) is 6.16. The van der Waals surface area contributed by atoms with E-state index in [-0.39, 0.29) is 17.8 Å². The van der Waals surface area contributed by atoms with Crippen LogP contribution in [0, 0.1) is 5.41 Å². The minimum Gasteiger partial charge on any atom is -0.504 e. The second kappa shape index (κ2) is 6.61. The molecule has 0 aliphatic carbocycles. The van der Waals surface area contributed by atoms with E-state index in [1.54, 1.807) is 6.07 Å². The summed E-state index contributed by atoms with van der Waals surface area (Å²) in [6.07, 6.45) is 0.777. The summed E-state index contributed by atoms with van der Waals surface area (Å²) in [5, 5.41) is 21.8. The minimum atomic E-state index is 0.0791. The van der Waals surface area contributed by atoms with Gasteiger partial charge in [0.1, 0.15) is 0 Å². The van der Waals surface area contributed by atoms with Gasteiger partial charge in [-0.3, -0.25) is 0 Å². The van der Waals surface area contributed by atoms with Gasteiger partial charge < -0.3 is 20.3 Å². The molecule has 102 valence electrons. The molecule has 1 rings (SSSR count). The van der Waals surface area contributed by atoms with Gasteiger partial charge in [-0.05, 0) is 29.5 Å². The van der Waals surface area contributed by atoms with Crippen molar-refractivity contribution in [2.24, 2.45) is 5.41 Å². The lowest BCUT2D eigenvalue weighted by atomic mass is 9.90. The number of aliphatic hydroxyl groups excluding tert-OH is 1. The van der Waals surface area contributed by atoms with Crippen LogP contribution in [0.4, 0.5) is 0 Å². The molecule has 0 unspecified atom stereocenters. The molecule has 0 aliphatic heterocycles. The topological polar surface area (TPSA) is 61.7 Å². The molecule has 1 aromatic carbocycles. The van der Waals surface area contributed by atoms with E-state index in [4.69, 9.17) is 9.84 Å². The Hall–Kier alpha value is -1.26. The quantitative estimate of drug-likeness (QED) is 0.694. The highest BCUT2D eigenvalue weighted by molar-refractivity contribution is 5.41. The van der Waals surface area contributed by atoms with Gasteiger partial charge in [0.05, 0.1) is 7.11 Å². The molecule has 0 saturated carbocycles. The smallest absolute Gasteiger partial charge is 0.160 e. The van der Waals surface area contributed by atoms with Crippen LogP contribution in [-0.2, 0) is 6.54 Å². The van der Waals surface area contributed by atoms with Crippen LogP contribution in [-0.4, -0.2) is 30.5 Å². The zero-order valence-corrected chi connectivity index (χ0v) is 11.4. The van der Waals surface area contributed by atoms with Crippen molar-refractivity contribution < 1.29 is 14.9 Å². The number of ether oxygens (including phenoxy) is 1. The zero-order chi connectivity index (χ0) is 13.6. The molecule has 0 amide bonds. The molecule has 0 radical (unpaired) electrons. The molecule has 1 aromatic rings. The largest absolute Gasteiger partial charge is 0.504 e. The number of methoxy groups -OCH3 is 1. The van der Waals surface area contributed by atoms with Crippen molar-refractivity contribution >= 4 is 0 Å². The Morgan fingerprint density at radius 3 is 2.67 bits per heavy atom. The van der Waals surface area contributed by atoms with Gasteiger partial charge in [0.25, 0.3) is 0 Å². The van der Waals surface area contributed by atoms with E-state index in [1.807, 2.05) is 12.1 Å². The average Bonchev–Trinajstić information content (AvgIpc) is 2.31. The van der Waals surface area contributed by atoms with Crippen LogP contribution in [0.1, 0.15) is 25.8 Å². The number of hydrogen-bond acceptors (Lipinski definition) is 4. The van der Waals surface area contributed by atoms with Gasteiger partial charge in [0.15, 0.2) is 11.5 Å². The summed E-state index contributed by atoms with van der Waals surface area (Å²) in [6.45, 7) is 5.99. The molecule has 0 aromatic heterocycles. The van der Waals surface area contributed by atoms with Crippen molar-refractivity contribution in [1.82, 2.24) is 5.32 Å². The number of aliphatic hydroxyl groups is 1. The van der Waals surface area contributed by atoms with Gasteiger partial charge in [0.2, 0.25) is 0 Å². The predicted octanol–water partition coefficient (Wildman–Crippen LogP) is 1.90. The maximum atomic E-state index is 9.49. The molecule has 0 bridgehead atoms. The van der Waals surface area contributed by atoms with Crippen LogP contribution in [0.3, 0.4) is 0 Å². The first-order chi connectivity index (χ1) is 8.48. The van der Waals surface area contributed by atoms with Crippen molar-refractivity contribution in [2.75, 3.05) is 20.3 Å². The van der Waals surface area contributed by atoms with Crippen molar-refractivity contribution in [2.45, 2.75) is 26.8 Å². The lowest BCUT2D eigenvalue weighted by molar-refractivity contribution is 0.207. The molecule has 0 atom stereocenters. The van der Waals surface area contributed by atoms with Gasteiger partial charge in [-0.15, -0.1) is 0 Å². The lowest BCUT2D eigenvalue weighted by Gasteiger charge is -2.24. The van der Waals surface area contributed by atoms with Gasteiger partial charge in [-0.2, -0.15) is 0 Å². The second-order valence-corrected chi connectivity index (χ2v) is 5.25. The van der Waals surface area contributed by atoms with E-state index >= 15 is 0 Å². The minimum absolute atomic E-state index is 0.0791. The summed E-state index contributed by atoms with van der Waals surface area (Å²) in [6, 6.07) is 5.32. The lowest BCUT2D eigenvalue weighted by Crippen LogP contribution is -2.29. The van der Waals surface area contributed by atoms with Crippen LogP contribution in [0.2, 0.25) is 0 Å². The number of phenolic OH excluding ortho intramolecular Hbond substituents is 1. The fourth-order valence-corrected chi connectivity index (χ4v) is 1.77. The maximum Gasteiger partial charge on any atom is 0.160 e. The van der Waals surface area contributed by atoms with E-state index in [1.165, 1.54) is 7.11 Å². The van der Waals surface area contributed by atoms with Crippen LogP contribution < -0.4 is 10.1 Å². The molecule has 0 aliphatic rings. The first kappa shape index (κ1) is 14.8. The van der Waals surface area contributed by atoms with Gasteiger partial charge in [-0.1, -0.05) is 19.9 Å². The molecule has 4 heteroatoms. The third-order valence-electron chi connectivity index (χ3n) is 2.97. The molecule has 3 N–H and O–H groups in total. The summed E-state index contributed by atoms with van der Waals surface area (Å²) < 4.78 is 5.06. The third kappa shape index (κ3) is 4.55. The molecular formula is C14H23NO3. The van der Waals surface area contributed by atoms with Crippen molar-refractivity contribution in [3.05, 3.63) is 23.8 Å². The van der Waals surface area contributed by atoms with Crippen molar-refractivity contribution in [3.8, 4) is 11.5 Å². The van der Waals surface area contributed by atoms with E-state index in [9.17, 15) is 5.11 Å². The highest BCUT2D eigenvalue weighted by Crippen LogP contribution is 2.26. The predicted molar refractivity (Wildman–Crippen MR) is 71.8 cm³/mol. The van der Waals surface area contributed by atoms with Crippen LogP contribution >= 0.6 is 0 Å². The summed E-state index contributed by atoms with van der Waals surface area (Å²) >= 11 is 0. The van der Waals surface area contributed by atoms with Gasteiger partial charge in [0, 0.05) is 19.7 Å². The average molecular weight is 253 g/mol. The van der Waals surface area contributed by atoms with Crippen LogP contribution in [0.25, 0.3) is 0 Å². The number of nitrogens with one attached hydrogen (secondary N) is 1. The molecule has 0 heterocycles. The molecule has 0 spiro atoms. The Morgan fingerprint density at radius 1 is 1.33 bits per heavy atom. The monoisotopic (exact) mass is 253 g/mol. The van der Waals surface area contributed by atoms with E-state index < -0.39 is 0 Å². The number of hydrogen-bond donors (Lipinski definition) is 3. The number of aromatic hydroxyl groups is 1. The third-order valence-corrected chi connectivity index (χ3v) is 2.97. The SMILES string of the molecule is COc1cc(CNCC(C)(C)CCO)ccc1O. The van der Waals surface area contributed by atoms with Gasteiger partial charge >= 0.3 is 0 Å². The summed E-state index contributed by atoms with van der Waals surface area (Å²) in [5.41, 5.74) is 1.14. The Bertz CT molecular complexity index is 377. The normalized spacial score (nSPS) is 11.6. The summed E-state index contributed by atoms with van der Waals surface area (Å²) in [7, 11) is 1.54. The number of rotatable bonds is 7. The fraction of sp³-hybridized carbons (Fsp3) is 0.571. The Kier molecular flexibility index (Phi) is 5.44. The van der Waals surface area contributed by atoms with Crippen LogP contribution in [0.5, 0.6) is 11.5 Å². The fourth-order valence-electron chi connectivity index (χ4n) is 1.77. The standard InChI is InChI=1S/C14H23NO3/c1-14(2,6-7-16)10-15-9-11-4-5-12(17)13(8-11)18-3/h4-5,8,15-17H,6-7,9-10H2,1-3H3. The molecular weight excluding hydrogens is 230 g/mol. The molecule has 18 heavy (non-hydrogen) atoms. The molecule has 4 nitrogen and oxygen atoms in total. The number of benzene rings is 1. The first-order valence-electron chi connectivity index (χ1n) is 6.16. The summed E-state index contributed by atoms with van der Waals surface area (Å²) in [5.74, 6) is 0.644. The van der Waals surface area contributed by atoms with Crippen molar-refractivity contribution in [3.63, 3.8) is 0 Å². The Morgan fingerprint density at radius 2 is 2.06 bits per heavy atom. The highest BCUT2D eigenvalue weighted by atomic mass is 16.5. The maximum absolute atomic E-state index is 9.49. The Balaban J connectivity index is 2.49. The second-order valence-electron chi connectivity index (χ2n) is 5.25. The van der Waals surface area contributed by atoms with Crippen LogP contribution in [0.15, 0.2) is 18.2 Å². The van der Waals surface area contributed by atoms with Gasteiger partial charge in [-0.25, -0.2) is 0 Å².